The lowest BCUT2D eigenvalue weighted by Crippen LogP contribution is -2.31. The summed E-state index contributed by atoms with van der Waals surface area (Å²) in [5.74, 6) is 9.96. The van der Waals surface area contributed by atoms with E-state index >= 15 is 0 Å². The summed E-state index contributed by atoms with van der Waals surface area (Å²) in [7, 11) is 0. The lowest BCUT2D eigenvalue weighted by atomic mass is 10.3. The summed E-state index contributed by atoms with van der Waals surface area (Å²) in [4.78, 5) is 0. The van der Waals surface area contributed by atoms with Crippen molar-refractivity contribution in [2.45, 2.75) is 0 Å². The molecule has 48 valence electrons. The molecule has 0 radical (unpaired) electrons. The van der Waals surface area contributed by atoms with Gasteiger partial charge < -0.3 is 0 Å². The van der Waals surface area contributed by atoms with Gasteiger partial charge in [-0.2, -0.15) is 0 Å². The molecule has 4 nitrogen and oxygen atoms in total. The van der Waals surface area contributed by atoms with Gasteiger partial charge in [0.05, 0.1) is 0 Å². The van der Waals surface area contributed by atoms with E-state index in [1.807, 2.05) is 0 Å². The van der Waals surface area contributed by atoms with E-state index in [1.165, 1.54) is 0 Å². The number of hydrogen-bond acceptors (Lipinski definition) is 4. The van der Waals surface area contributed by atoms with E-state index in [0.717, 1.165) is 5.57 Å². The third-order valence-corrected chi connectivity index (χ3v) is 0.704. The first-order valence-electron chi connectivity index (χ1n) is 2.35. The van der Waals surface area contributed by atoms with Crippen molar-refractivity contribution in [3.05, 3.63) is 12.2 Å². The van der Waals surface area contributed by atoms with Gasteiger partial charge in [0.25, 0.3) is 0 Å². The lowest BCUT2D eigenvalue weighted by molar-refractivity contribution is 0.728. The third-order valence-electron chi connectivity index (χ3n) is 0.704. The van der Waals surface area contributed by atoms with Gasteiger partial charge in [0.1, 0.15) is 0 Å². The Morgan fingerprint density at radius 1 is 1.25 bits per heavy atom. The van der Waals surface area contributed by atoms with Crippen molar-refractivity contribution in [1.29, 1.82) is 0 Å². The van der Waals surface area contributed by atoms with Gasteiger partial charge in [-0.3, -0.25) is 22.5 Å². The zero-order valence-electron chi connectivity index (χ0n) is 4.78. The molecule has 0 aliphatic heterocycles. The average Bonchev–Trinajstić information content (AvgIpc) is 1.68. The highest BCUT2D eigenvalue weighted by molar-refractivity contribution is 4.97. The Balaban J connectivity index is 3.06. The fraction of sp³-hybridized carbons (Fsp3) is 0.500. The highest BCUT2D eigenvalue weighted by Crippen LogP contribution is 1.78. The van der Waals surface area contributed by atoms with E-state index in [-0.39, 0.29) is 0 Å². The monoisotopic (exact) mass is 116 g/mol. The molecule has 0 aromatic heterocycles. The molecule has 6 N–H and O–H groups in total. The van der Waals surface area contributed by atoms with Crippen LogP contribution in [0.4, 0.5) is 0 Å². The summed E-state index contributed by atoms with van der Waals surface area (Å²) < 4.78 is 0. The molecule has 0 saturated carbocycles. The molecule has 0 saturated heterocycles. The fourth-order valence-electron chi connectivity index (χ4n) is 0.351. The van der Waals surface area contributed by atoms with Gasteiger partial charge in [-0.05, 0) is 5.57 Å². The molecule has 0 atom stereocenters. The van der Waals surface area contributed by atoms with Crippen LogP contribution in [-0.4, -0.2) is 13.1 Å². The smallest absolute Gasteiger partial charge is 0.0318 e. The first-order valence-corrected chi connectivity index (χ1v) is 2.35. The maximum absolute atomic E-state index is 4.98. The molecule has 0 amide bonds. The van der Waals surface area contributed by atoms with Gasteiger partial charge in [0.15, 0.2) is 0 Å². The van der Waals surface area contributed by atoms with Crippen LogP contribution in [0.2, 0.25) is 0 Å². The van der Waals surface area contributed by atoms with Crippen molar-refractivity contribution in [3.8, 4) is 0 Å². The second-order valence-corrected chi connectivity index (χ2v) is 1.51. The van der Waals surface area contributed by atoms with Crippen molar-refractivity contribution in [3.63, 3.8) is 0 Å². The number of rotatable bonds is 4. The molecule has 0 rings (SSSR count). The third kappa shape index (κ3) is 3.76. The zero-order chi connectivity index (χ0) is 6.41. The Morgan fingerprint density at radius 3 is 1.88 bits per heavy atom. The van der Waals surface area contributed by atoms with Gasteiger partial charge in [-0.25, -0.2) is 0 Å². The molecule has 0 aromatic rings. The van der Waals surface area contributed by atoms with Crippen LogP contribution in [0.25, 0.3) is 0 Å². The minimum atomic E-state index is 0.601. The summed E-state index contributed by atoms with van der Waals surface area (Å²) >= 11 is 0. The summed E-state index contributed by atoms with van der Waals surface area (Å²) in [6.45, 7) is 4.85. The second-order valence-electron chi connectivity index (χ2n) is 1.51. The summed E-state index contributed by atoms with van der Waals surface area (Å²) in [6.07, 6.45) is 0. The van der Waals surface area contributed by atoms with Crippen LogP contribution >= 0.6 is 0 Å². The highest BCUT2D eigenvalue weighted by Gasteiger charge is 1.86. The highest BCUT2D eigenvalue weighted by atomic mass is 15.2. The van der Waals surface area contributed by atoms with Crippen LogP contribution in [0.5, 0.6) is 0 Å². The molecule has 0 aromatic carbocycles. The van der Waals surface area contributed by atoms with Crippen molar-refractivity contribution < 1.29 is 0 Å². The Bertz CT molecular complexity index is 62.4. The van der Waals surface area contributed by atoms with Crippen molar-refractivity contribution in [2.24, 2.45) is 11.7 Å². The first kappa shape index (κ1) is 7.58. The van der Waals surface area contributed by atoms with Gasteiger partial charge in [-0.15, -0.1) is 0 Å². The van der Waals surface area contributed by atoms with Crippen molar-refractivity contribution in [1.82, 2.24) is 10.9 Å². The summed E-state index contributed by atoms with van der Waals surface area (Å²) in [5.41, 5.74) is 5.85. The predicted molar refractivity (Wildman–Crippen MR) is 33.5 cm³/mol. The number of nitrogens with one attached hydrogen (secondary N) is 2. The fourth-order valence-corrected chi connectivity index (χ4v) is 0.351. The number of hydrogen-bond donors (Lipinski definition) is 4. The largest absolute Gasteiger partial charge is 0.271 e. The van der Waals surface area contributed by atoms with Crippen LogP contribution in [0.3, 0.4) is 0 Å². The van der Waals surface area contributed by atoms with E-state index in [1.54, 1.807) is 0 Å². The molecule has 0 fully saturated rings. The summed E-state index contributed by atoms with van der Waals surface area (Å²) in [6, 6.07) is 0. The molecule has 0 aliphatic rings. The predicted octanol–water partition coefficient (Wildman–Crippen LogP) is -1.53. The van der Waals surface area contributed by atoms with Crippen LogP contribution in [-0.2, 0) is 0 Å². The molecule has 0 heterocycles. The van der Waals surface area contributed by atoms with E-state index in [9.17, 15) is 0 Å². The minimum Gasteiger partial charge on any atom is -0.271 e. The number of nitrogens with two attached hydrogens (primary N) is 2. The molecule has 0 aliphatic carbocycles. The van der Waals surface area contributed by atoms with E-state index in [2.05, 4.69) is 17.4 Å². The lowest BCUT2D eigenvalue weighted by Gasteiger charge is -2.00. The van der Waals surface area contributed by atoms with E-state index in [0.29, 0.717) is 13.1 Å². The molecular formula is C4H12N4. The van der Waals surface area contributed by atoms with Crippen LogP contribution in [0.15, 0.2) is 12.2 Å². The zero-order valence-corrected chi connectivity index (χ0v) is 4.78. The van der Waals surface area contributed by atoms with Crippen molar-refractivity contribution >= 4 is 0 Å². The van der Waals surface area contributed by atoms with Crippen LogP contribution in [0, 0.1) is 0 Å². The Hall–Kier alpha value is -0.420. The van der Waals surface area contributed by atoms with Crippen LogP contribution in [0.1, 0.15) is 0 Å². The standard InChI is InChI=1S/C4H12N4/c1-4(2-7-5)3-8-6/h7-8H,1-3,5-6H2. The minimum absolute atomic E-state index is 0.601. The Kier molecular flexibility index (Phi) is 4.48. The molecule has 4 heteroatoms. The normalized spacial score (nSPS) is 9.25. The van der Waals surface area contributed by atoms with Gasteiger partial charge >= 0.3 is 0 Å². The van der Waals surface area contributed by atoms with Crippen LogP contribution < -0.4 is 22.5 Å². The van der Waals surface area contributed by atoms with Gasteiger partial charge in [0, 0.05) is 13.1 Å². The first-order chi connectivity index (χ1) is 3.81. The molecular weight excluding hydrogens is 104 g/mol. The molecule has 0 spiro atoms. The number of hydrazine groups is 2. The maximum atomic E-state index is 4.98. The maximum Gasteiger partial charge on any atom is 0.0318 e. The Morgan fingerprint density at radius 2 is 1.62 bits per heavy atom. The van der Waals surface area contributed by atoms with Gasteiger partial charge in [-0.1, -0.05) is 6.58 Å². The molecule has 0 bridgehead atoms. The SMILES string of the molecule is C=C(CNN)CNN. The summed E-state index contributed by atoms with van der Waals surface area (Å²) in [5, 5.41) is 0. The van der Waals surface area contributed by atoms with Crippen molar-refractivity contribution in [2.75, 3.05) is 13.1 Å². The molecule has 0 unspecified atom stereocenters. The Labute approximate surface area is 48.9 Å². The quantitative estimate of drug-likeness (QED) is 0.204. The van der Waals surface area contributed by atoms with Gasteiger partial charge in [0.2, 0.25) is 0 Å². The second kappa shape index (κ2) is 4.73. The average molecular weight is 116 g/mol. The van der Waals surface area contributed by atoms with E-state index < -0.39 is 0 Å². The van der Waals surface area contributed by atoms with E-state index in [4.69, 9.17) is 11.7 Å². The molecule has 8 heavy (non-hydrogen) atoms. The topological polar surface area (TPSA) is 76.1 Å².